The summed E-state index contributed by atoms with van der Waals surface area (Å²) in [6.45, 7) is -3.00. The molecule has 0 radical (unpaired) electrons. The second-order valence-electron chi connectivity index (χ2n) is 2.79. The SMILES string of the molecule is [NH3+][C@@H](C(=O)[O-])c1ccccc1OC(F)F. The van der Waals surface area contributed by atoms with E-state index in [1.807, 2.05) is 0 Å². The van der Waals surface area contributed by atoms with Crippen molar-refractivity contribution in [2.24, 2.45) is 0 Å². The van der Waals surface area contributed by atoms with Crippen LogP contribution in [0.4, 0.5) is 8.78 Å². The zero-order valence-electron chi connectivity index (χ0n) is 7.65. The first-order valence-corrected chi connectivity index (χ1v) is 4.10. The van der Waals surface area contributed by atoms with Gasteiger partial charge in [-0.05, 0) is 12.1 Å². The van der Waals surface area contributed by atoms with Crippen molar-refractivity contribution in [3.05, 3.63) is 29.8 Å². The Kier molecular flexibility index (Phi) is 3.56. The fraction of sp³-hybridized carbons (Fsp3) is 0.222. The minimum Gasteiger partial charge on any atom is -0.544 e. The van der Waals surface area contributed by atoms with Crippen LogP contribution >= 0.6 is 0 Å². The van der Waals surface area contributed by atoms with Crippen molar-refractivity contribution in [1.82, 2.24) is 0 Å². The molecule has 15 heavy (non-hydrogen) atoms. The number of hydrogen-bond acceptors (Lipinski definition) is 3. The smallest absolute Gasteiger partial charge is 0.387 e. The molecule has 0 saturated heterocycles. The molecule has 0 fully saturated rings. The minimum absolute atomic E-state index is 0.0674. The fourth-order valence-electron chi connectivity index (χ4n) is 1.10. The van der Waals surface area contributed by atoms with E-state index in [1.165, 1.54) is 24.3 Å². The highest BCUT2D eigenvalue weighted by Crippen LogP contribution is 2.23. The third-order valence-corrected chi connectivity index (χ3v) is 1.79. The summed E-state index contributed by atoms with van der Waals surface area (Å²) in [6.07, 6.45) is 0. The number of para-hydroxylation sites is 1. The van der Waals surface area contributed by atoms with Crippen LogP contribution in [0, 0.1) is 0 Å². The Morgan fingerprint density at radius 2 is 2.00 bits per heavy atom. The van der Waals surface area contributed by atoms with Gasteiger partial charge in [0.05, 0.1) is 5.56 Å². The maximum atomic E-state index is 12.0. The number of carboxylic acid groups (broad SMARTS) is 1. The Balaban J connectivity index is 3.00. The van der Waals surface area contributed by atoms with Crippen LogP contribution in [-0.4, -0.2) is 12.6 Å². The van der Waals surface area contributed by atoms with Gasteiger partial charge in [0.1, 0.15) is 11.7 Å². The zero-order chi connectivity index (χ0) is 11.4. The van der Waals surface area contributed by atoms with Gasteiger partial charge >= 0.3 is 6.61 Å². The molecule has 0 aliphatic heterocycles. The van der Waals surface area contributed by atoms with Gasteiger partial charge in [-0.3, -0.25) is 0 Å². The van der Waals surface area contributed by atoms with E-state index in [0.29, 0.717) is 0 Å². The number of aliphatic carboxylic acids is 1. The average Bonchev–Trinajstić information content (AvgIpc) is 2.16. The minimum atomic E-state index is -3.00. The summed E-state index contributed by atoms with van der Waals surface area (Å²) in [6, 6.07) is 4.34. The predicted octanol–water partition coefficient (Wildman–Crippen LogP) is -0.679. The summed E-state index contributed by atoms with van der Waals surface area (Å²) in [5, 5.41) is 10.5. The highest BCUT2D eigenvalue weighted by molar-refractivity contribution is 5.72. The topological polar surface area (TPSA) is 77.0 Å². The molecule has 0 unspecified atom stereocenters. The molecule has 0 aromatic heterocycles. The maximum absolute atomic E-state index is 12.0. The first kappa shape index (κ1) is 11.4. The molecule has 0 aliphatic rings. The van der Waals surface area contributed by atoms with E-state index in [9.17, 15) is 18.7 Å². The molecule has 0 amide bonds. The third kappa shape index (κ3) is 2.88. The number of carbonyl (C=O) groups is 1. The van der Waals surface area contributed by atoms with Crippen LogP contribution < -0.4 is 15.6 Å². The van der Waals surface area contributed by atoms with Gasteiger partial charge < -0.3 is 20.4 Å². The van der Waals surface area contributed by atoms with E-state index in [-0.39, 0.29) is 11.3 Å². The van der Waals surface area contributed by atoms with Crippen molar-refractivity contribution < 1.29 is 29.2 Å². The predicted molar refractivity (Wildman–Crippen MR) is 43.7 cm³/mol. The van der Waals surface area contributed by atoms with E-state index < -0.39 is 18.6 Å². The van der Waals surface area contributed by atoms with Crippen molar-refractivity contribution in [1.29, 1.82) is 0 Å². The second kappa shape index (κ2) is 4.70. The lowest BCUT2D eigenvalue weighted by molar-refractivity contribution is -0.443. The van der Waals surface area contributed by atoms with E-state index >= 15 is 0 Å². The molecule has 4 nitrogen and oxygen atoms in total. The number of alkyl halides is 2. The molecule has 1 aromatic rings. The summed E-state index contributed by atoms with van der Waals surface area (Å²) in [5.41, 5.74) is 3.36. The van der Waals surface area contributed by atoms with Crippen molar-refractivity contribution >= 4 is 5.97 Å². The second-order valence-corrected chi connectivity index (χ2v) is 2.79. The molecule has 0 saturated carbocycles. The monoisotopic (exact) mass is 217 g/mol. The van der Waals surface area contributed by atoms with Gasteiger partial charge in [-0.1, -0.05) is 12.1 Å². The average molecular weight is 217 g/mol. The molecule has 3 N–H and O–H groups in total. The van der Waals surface area contributed by atoms with Gasteiger partial charge in [0, 0.05) is 0 Å². The lowest BCUT2D eigenvalue weighted by Crippen LogP contribution is -2.61. The number of hydrogen-bond donors (Lipinski definition) is 1. The van der Waals surface area contributed by atoms with Gasteiger partial charge in [-0.25, -0.2) is 0 Å². The van der Waals surface area contributed by atoms with Crippen LogP contribution in [0.3, 0.4) is 0 Å². The summed E-state index contributed by atoms with van der Waals surface area (Å²) in [4.78, 5) is 10.5. The standard InChI is InChI=1S/C9H9F2NO3/c10-9(11)15-6-4-2-1-3-5(6)7(12)8(13)14/h1-4,7,9H,12H2,(H,13,14)/t7-/m1/s1. The molecule has 1 atom stereocenters. The Morgan fingerprint density at radius 1 is 1.40 bits per heavy atom. The Morgan fingerprint density at radius 3 is 2.53 bits per heavy atom. The molecule has 0 bridgehead atoms. The van der Waals surface area contributed by atoms with Crippen molar-refractivity contribution in [2.75, 3.05) is 0 Å². The van der Waals surface area contributed by atoms with Gasteiger partial charge in [-0.15, -0.1) is 0 Å². The Bertz CT molecular complexity index is 357. The highest BCUT2D eigenvalue weighted by Gasteiger charge is 2.18. The number of carbonyl (C=O) groups excluding carboxylic acids is 1. The van der Waals surface area contributed by atoms with Gasteiger partial charge in [0.25, 0.3) is 0 Å². The first-order valence-electron chi connectivity index (χ1n) is 4.10. The Labute approximate surface area is 84.3 Å². The van der Waals surface area contributed by atoms with Crippen LogP contribution in [-0.2, 0) is 4.79 Å². The molecule has 1 rings (SSSR count). The first-order chi connectivity index (χ1) is 7.02. The van der Waals surface area contributed by atoms with E-state index in [4.69, 9.17) is 0 Å². The number of rotatable bonds is 4. The highest BCUT2D eigenvalue weighted by atomic mass is 19.3. The third-order valence-electron chi connectivity index (χ3n) is 1.79. The maximum Gasteiger partial charge on any atom is 0.387 e. The van der Waals surface area contributed by atoms with Crippen molar-refractivity contribution in [3.8, 4) is 5.75 Å². The molecule has 1 aromatic carbocycles. The van der Waals surface area contributed by atoms with Crippen LogP contribution in [0.1, 0.15) is 11.6 Å². The largest absolute Gasteiger partial charge is 0.544 e. The quantitative estimate of drug-likeness (QED) is 0.725. The summed E-state index contributed by atoms with van der Waals surface area (Å²) in [7, 11) is 0. The van der Waals surface area contributed by atoms with Gasteiger partial charge in [0.2, 0.25) is 0 Å². The van der Waals surface area contributed by atoms with E-state index in [0.717, 1.165) is 0 Å². The lowest BCUT2D eigenvalue weighted by Gasteiger charge is -2.14. The van der Waals surface area contributed by atoms with Crippen LogP contribution in [0.5, 0.6) is 5.75 Å². The lowest BCUT2D eigenvalue weighted by atomic mass is 10.1. The fourth-order valence-corrected chi connectivity index (χ4v) is 1.10. The van der Waals surface area contributed by atoms with E-state index in [2.05, 4.69) is 10.5 Å². The molecule has 0 aliphatic carbocycles. The number of ether oxygens (including phenoxy) is 1. The van der Waals surface area contributed by atoms with Gasteiger partial charge in [0.15, 0.2) is 6.04 Å². The number of carboxylic acids is 1. The normalized spacial score (nSPS) is 12.5. The van der Waals surface area contributed by atoms with Crippen LogP contribution in [0.2, 0.25) is 0 Å². The summed E-state index contributed by atoms with van der Waals surface area (Å²) in [5.74, 6) is -1.64. The summed E-state index contributed by atoms with van der Waals surface area (Å²) < 4.78 is 28.1. The molecule has 0 spiro atoms. The van der Waals surface area contributed by atoms with Crippen LogP contribution in [0.25, 0.3) is 0 Å². The van der Waals surface area contributed by atoms with Crippen LogP contribution in [0.15, 0.2) is 24.3 Å². The Hall–Kier alpha value is -1.69. The molecule has 6 heteroatoms. The molecule has 0 heterocycles. The number of quaternary nitrogens is 1. The van der Waals surface area contributed by atoms with E-state index in [1.54, 1.807) is 0 Å². The molecular weight excluding hydrogens is 208 g/mol. The zero-order valence-corrected chi connectivity index (χ0v) is 7.65. The van der Waals surface area contributed by atoms with Crippen molar-refractivity contribution in [2.45, 2.75) is 12.7 Å². The molecule has 82 valence electrons. The summed E-state index contributed by atoms with van der Waals surface area (Å²) >= 11 is 0. The number of halogens is 2. The van der Waals surface area contributed by atoms with Gasteiger partial charge in [-0.2, -0.15) is 8.78 Å². The number of benzene rings is 1. The van der Waals surface area contributed by atoms with Crippen molar-refractivity contribution in [3.63, 3.8) is 0 Å². The molecular formula is C9H9F2NO3.